The van der Waals surface area contributed by atoms with Crippen LogP contribution in [0.4, 0.5) is 5.69 Å². The molecule has 4 rings (SSSR count). The minimum absolute atomic E-state index is 0.0387. The van der Waals surface area contributed by atoms with Crippen molar-refractivity contribution >= 4 is 35.2 Å². The highest BCUT2D eigenvalue weighted by atomic mass is 32.2. The van der Waals surface area contributed by atoms with Gasteiger partial charge in [-0.2, -0.15) is 5.26 Å². The first-order valence-electron chi connectivity index (χ1n) is 12.2. The zero-order valence-electron chi connectivity index (χ0n) is 20.8. The lowest BCUT2D eigenvalue weighted by molar-refractivity contribution is -0.139. The maximum absolute atomic E-state index is 13.6. The van der Waals surface area contributed by atoms with Gasteiger partial charge in [0, 0.05) is 11.7 Å². The van der Waals surface area contributed by atoms with E-state index in [0.29, 0.717) is 22.0 Å². The average molecular weight is 507 g/mol. The normalized spacial score (nSPS) is 18.3. The highest BCUT2D eigenvalue weighted by Crippen LogP contribution is 2.33. The summed E-state index contributed by atoms with van der Waals surface area (Å²) in [6.45, 7) is 3.70. The zero-order valence-corrected chi connectivity index (χ0v) is 21.6. The Kier molecular flexibility index (Phi) is 7.94. The Balaban J connectivity index is 1.58. The number of hydrogen-bond donors (Lipinski definition) is 0. The van der Waals surface area contributed by atoms with E-state index in [1.165, 1.54) is 16.7 Å². The fraction of sp³-hybridized carbons (Fsp3) is 0.444. The SMILES string of the molecule is COc1ccc(N2C(=O)CC(N(C(=O)CSc3nc(C)cc(C)c3C#N)C3CCCCC3)C2=O)cc1. The van der Waals surface area contributed by atoms with Crippen LogP contribution in [0.2, 0.25) is 0 Å². The maximum Gasteiger partial charge on any atom is 0.257 e. The molecule has 1 saturated heterocycles. The van der Waals surface area contributed by atoms with Crippen LogP contribution in [-0.2, 0) is 14.4 Å². The predicted octanol–water partition coefficient (Wildman–Crippen LogP) is 4.16. The van der Waals surface area contributed by atoms with E-state index in [2.05, 4.69) is 11.1 Å². The number of pyridine rings is 1. The van der Waals surface area contributed by atoms with Gasteiger partial charge in [-0.1, -0.05) is 31.0 Å². The van der Waals surface area contributed by atoms with Crippen LogP contribution in [0.25, 0.3) is 0 Å². The van der Waals surface area contributed by atoms with E-state index in [1.54, 1.807) is 36.3 Å². The molecule has 9 heteroatoms. The second kappa shape index (κ2) is 11.1. The van der Waals surface area contributed by atoms with Crippen LogP contribution in [0.1, 0.15) is 55.3 Å². The molecule has 0 N–H and O–H groups in total. The monoisotopic (exact) mass is 506 g/mol. The molecule has 1 aromatic carbocycles. The minimum Gasteiger partial charge on any atom is -0.497 e. The van der Waals surface area contributed by atoms with Crippen LogP contribution in [0.3, 0.4) is 0 Å². The number of rotatable bonds is 7. The lowest BCUT2D eigenvalue weighted by atomic mass is 9.92. The summed E-state index contributed by atoms with van der Waals surface area (Å²) >= 11 is 1.21. The van der Waals surface area contributed by atoms with E-state index in [1.807, 2.05) is 19.9 Å². The topological polar surface area (TPSA) is 104 Å². The summed E-state index contributed by atoms with van der Waals surface area (Å²) in [5.41, 5.74) is 2.52. The molecule has 8 nitrogen and oxygen atoms in total. The quantitative estimate of drug-likeness (QED) is 0.410. The van der Waals surface area contributed by atoms with Gasteiger partial charge in [0.25, 0.3) is 5.91 Å². The number of benzene rings is 1. The number of nitriles is 1. The van der Waals surface area contributed by atoms with Gasteiger partial charge < -0.3 is 9.64 Å². The standard InChI is InChI=1S/C27H30N4O4S/c1-17-13-18(2)29-26(22(17)15-28)36-16-25(33)30(19-7-5-4-6-8-19)23-14-24(32)31(27(23)34)20-9-11-21(35-3)12-10-20/h9-13,19,23H,4-8,14,16H2,1-3H3. The first-order valence-corrected chi connectivity index (χ1v) is 13.2. The van der Waals surface area contributed by atoms with Crippen LogP contribution in [0, 0.1) is 25.2 Å². The highest BCUT2D eigenvalue weighted by molar-refractivity contribution is 8.00. The molecular weight excluding hydrogens is 476 g/mol. The second-order valence-corrected chi connectivity index (χ2v) is 10.2. The van der Waals surface area contributed by atoms with Crippen molar-refractivity contribution < 1.29 is 19.1 Å². The Morgan fingerprint density at radius 2 is 1.89 bits per heavy atom. The third-order valence-electron chi connectivity index (χ3n) is 6.80. The lowest BCUT2D eigenvalue weighted by Gasteiger charge is -2.37. The van der Waals surface area contributed by atoms with Crippen molar-refractivity contribution in [3.05, 3.63) is 47.2 Å². The number of carbonyl (C=O) groups excluding carboxylic acids is 3. The molecule has 188 valence electrons. The number of carbonyl (C=O) groups is 3. The fourth-order valence-electron chi connectivity index (χ4n) is 5.07. The summed E-state index contributed by atoms with van der Waals surface area (Å²) in [7, 11) is 1.55. The minimum atomic E-state index is -0.835. The van der Waals surface area contributed by atoms with Gasteiger partial charge in [0.1, 0.15) is 22.9 Å². The summed E-state index contributed by atoms with van der Waals surface area (Å²) < 4.78 is 5.18. The van der Waals surface area contributed by atoms with Gasteiger partial charge in [-0.05, 0) is 62.6 Å². The number of thioether (sulfide) groups is 1. The Labute approximate surface area is 215 Å². The summed E-state index contributed by atoms with van der Waals surface area (Å²) in [5.74, 6) is -0.237. The van der Waals surface area contributed by atoms with Crippen molar-refractivity contribution in [1.82, 2.24) is 9.88 Å². The zero-order chi connectivity index (χ0) is 25.8. The third kappa shape index (κ3) is 5.24. The molecule has 2 aliphatic rings. The number of imide groups is 1. The van der Waals surface area contributed by atoms with Crippen LogP contribution in [0.15, 0.2) is 35.4 Å². The molecule has 1 aliphatic carbocycles. The molecule has 3 amide bonds. The molecule has 0 spiro atoms. The second-order valence-electron chi connectivity index (χ2n) is 9.24. The highest BCUT2D eigenvalue weighted by Gasteiger charge is 2.46. The summed E-state index contributed by atoms with van der Waals surface area (Å²) in [4.78, 5) is 47.5. The molecule has 1 atom stereocenters. The van der Waals surface area contributed by atoms with Crippen molar-refractivity contribution in [2.75, 3.05) is 17.8 Å². The number of amides is 3. The van der Waals surface area contributed by atoms with Gasteiger partial charge in [0.15, 0.2) is 0 Å². The maximum atomic E-state index is 13.6. The molecular formula is C27H30N4O4S. The number of nitrogens with zero attached hydrogens (tertiary/aromatic N) is 4. The van der Waals surface area contributed by atoms with E-state index < -0.39 is 6.04 Å². The van der Waals surface area contributed by atoms with Crippen molar-refractivity contribution in [3.8, 4) is 11.8 Å². The molecule has 2 aromatic rings. The Hall–Kier alpha value is -3.38. The number of anilines is 1. The molecule has 1 saturated carbocycles. The smallest absolute Gasteiger partial charge is 0.257 e. The average Bonchev–Trinajstić information content (AvgIpc) is 3.16. The molecule has 1 unspecified atom stereocenters. The number of aromatic nitrogens is 1. The third-order valence-corrected chi connectivity index (χ3v) is 7.76. The molecule has 2 heterocycles. The molecule has 0 bridgehead atoms. The Morgan fingerprint density at radius 1 is 1.19 bits per heavy atom. The van der Waals surface area contributed by atoms with Crippen LogP contribution >= 0.6 is 11.8 Å². The molecule has 2 fully saturated rings. The molecule has 1 aromatic heterocycles. The van der Waals surface area contributed by atoms with Crippen molar-refractivity contribution in [3.63, 3.8) is 0 Å². The van der Waals surface area contributed by atoms with Crippen molar-refractivity contribution in [2.45, 2.75) is 69.5 Å². The molecule has 1 aliphatic heterocycles. The Bertz CT molecular complexity index is 1200. The van der Waals surface area contributed by atoms with Gasteiger partial charge in [-0.3, -0.25) is 14.4 Å². The van der Waals surface area contributed by atoms with E-state index in [4.69, 9.17) is 4.74 Å². The first-order chi connectivity index (χ1) is 17.3. The lowest BCUT2D eigenvalue weighted by Crippen LogP contribution is -2.52. The van der Waals surface area contributed by atoms with Gasteiger partial charge >= 0.3 is 0 Å². The first kappa shape index (κ1) is 25.7. The van der Waals surface area contributed by atoms with E-state index >= 15 is 0 Å². The van der Waals surface area contributed by atoms with Crippen LogP contribution in [0.5, 0.6) is 5.75 Å². The van der Waals surface area contributed by atoms with Crippen LogP contribution < -0.4 is 9.64 Å². The van der Waals surface area contributed by atoms with E-state index in [9.17, 15) is 19.6 Å². The van der Waals surface area contributed by atoms with Crippen molar-refractivity contribution in [2.24, 2.45) is 0 Å². The number of aryl methyl sites for hydroxylation is 2. The van der Waals surface area contributed by atoms with Gasteiger partial charge in [-0.25, -0.2) is 9.88 Å². The Morgan fingerprint density at radius 3 is 2.53 bits per heavy atom. The summed E-state index contributed by atoms with van der Waals surface area (Å²) in [6.07, 6.45) is 4.64. The van der Waals surface area contributed by atoms with Crippen LogP contribution in [-0.4, -0.2) is 52.6 Å². The molecule has 36 heavy (non-hydrogen) atoms. The molecule has 0 radical (unpaired) electrons. The van der Waals surface area contributed by atoms with Gasteiger partial charge in [0.05, 0.1) is 30.5 Å². The number of methoxy groups -OCH3 is 1. The van der Waals surface area contributed by atoms with E-state index in [0.717, 1.165) is 43.4 Å². The van der Waals surface area contributed by atoms with Crippen molar-refractivity contribution in [1.29, 1.82) is 5.26 Å². The number of hydrogen-bond acceptors (Lipinski definition) is 7. The van der Waals surface area contributed by atoms with Gasteiger partial charge in [0.2, 0.25) is 11.8 Å². The summed E-state index contributed by atoms with van der Waals surface area (Å²) in [6, 6.07) is 9.86. The largest absolute Gasteiger partial charge is 0.497 e. The predicted molar refractivity (Wildman–Crippen MR) is 137 cm³/mol. The fourth-order valence-corrected chi connectivity index (χ4v) is 6.04. The van der Waals surface area contributed by atoms with Gasteiger partial charge in [-0.15, -0.1) is 0 Å². The van der Waals surface area contributed by atoms with E-state index in [-0.39, 0.29) is 35.9 Å². The number of ether oxygens (including phenoxy) is 1. The summed E-state index contributed by atoms with van der Waals surface area (Å²) in [5, 5.41) is 10.1.